The van der Waals surface area contributed by atoms with E-state index < -0.39 is 20.6 Å². The predicted octanol–water partition coefficient (Wildman–Crippen LogP) is 5.14. The summed E-state index contributed by atoms with van der Waals surface area (Å²) in [6.45, 7) is 3.96. The van der Waals surface area contributed by atoms with E-state index in [2.05, 4.69) is 0 Å². The zero-order valence-electron chi connectivity index (χ0n) is 15.8. The van der Waals surface area contributed by atoms with E-state index in [1.54, 1.807) is 60.7 Å². The van der Waals surface area contributed by atoms with Crippen LogP contribution in [0.3, 0.4) is 0 Å². The summed E-state index contributed by atoms with van der Waals surface area (Å²) in [5.74, 6) is 0. The van der Waals surface area contributed by atoms with Crippen LogP contribution in [0.2, 0.25) is 0 Å². The van der Waals surface area contributed by atoms with E-state index in [-0.39, 0.29) is 9.80 Å². The van der Waals surface area contributed by atoms with Crippen molar-refractivity contribution in [3.63, 3.8) is 0 Å². The van der Waals surface area contributed by atoms with E-state index in [1.807, 2.05) is 32.0 Å². The highest BCUT2D eigenvalue weighted by atomic mass is 32.2. The normalized spacial score (nSPS) is 13.3. The molecule has 0 fully saturated rings. The van der Waals surface area contributed by atoms with Crippen LogP contribution in [0.1, 0.15) is 23.6 Å². The first kappa shape index (κ1) is 20.2. The molecule has 0 aliphatic rings. The highest BCUT2D eigenvalue weighted by molar-refractivity contribution is 7.99. The monoisotopic (exact) mass is 410 g/mol. The topological polar surface area (TPSA) is 51.2 Å². The van der Waals surface area contributed by atoms with Crippen molar-refractivity contribution in [3.05, 3.63) is 101 Å². The molecule has 3 aromatic carbocycles. The maximum Gasteiger partial charge on any atom is 0.201 e. The van der Waals surface area contributed by atoms with Crippen LogP contribution in [0.25, 0.3) is 4.91 Å². The van der Waals surface area contributed by atoms with E-state index in [0.29, 0.717) is 10.5 Å². The quantitative estimate of drug-likeness (QED) is 0.565. The second-order valence-electron chi connectivity index (χ2n) is 6.47. The summed E-state index contributed by atoms with van der Waals surface area (Å²) in [6, 6.07) is 23.1. The van der Waals surface area contributed by atoms with Crippen LogP contribution in [0.15, 0.2) is 94.1 Å². The van der Waals surface area contributed by atoms with Crippen molar-refractivity contribution >= 4 is 25.5 Å². The number of sulfone groups is 1. The molecule has 1 unspecified atom stereocenters. The molecule has 5 heteroatoms. The minimum Gasteiger partial charge on any atom is -0.249 e. The van der Waals surface area contributed by atoms with Gasteiger partial charge in [-0.3, -0.25) is 0 Å². The Labute approximate surface area is 169 Å². The fraction of sp³-hybridized carbons (Fsp3) is 0.130. The van der Waals surface area contributed by atoms with E-state index in [1.165, 1.54) is 0 Å². The van der Waals surface area contributed by atoms with Gasteiger partial charge in [0.2, 0.25) is 9.84 Å². The van der Waals surface area contributed by atoms with Crippen LogP contribution in [-0.2, 0) is 27.1 Å². The Kier molecular flexibility index (Phi) is 6.27. The van der Waals surface area contributed by atoms with Gasteiger partial charge in [-0.2, -0.15) is 0 Å². The van der Waals surface area contributed by atoms with Crippen molar-refractivity contribution < 1.29 is 12.6 Å². The highest BCUT2D eigenvalue weighted by Crippen LogP contribution is 2.27. The van der Waals surface area contributed by atoms with Crippen LogP contribution in [0.5, 0.6) is 0 Å². The van der Waals surface area contributed by atoms with E-state index in [9.17, 15) is 12.6 Å². The minimum atomic E-state index is -3.75. The van der Waals surface area contributed by atoms with Gasteiger partial charge in [-0.25, -0.2) is 12.6 Å². The van der Waals surface area contributed by atoms with Crippen LogP contribution in [0.4, 0.5) is 0 Å². The molecule has 0 amide bonds. The average molecular weight is 411 g/mol. The van der Waals surface area contributed by atoms with Gasteiger partial charge in [0.15, 0.2) is 0 Å². The first-order chi connectivity index (χ1) is 13.4. The number of rotatable bonds is 6. The maximum absolute atomic E-state index is 13.2. The molecule has 0 saturated heterocycles. The van der Waals surface area contributed by atoms with Gasteiger partial charge in [0.05, 0.1) is 26.0 Å². The summed E-state index contributed by atoms with van der Waals surface area (Å²) in [5, 5.41) is 1.14. The molecule has 0 spiro atoms. The molecule has 0 bridgehead atoms. The number of hydrogen-bond donors (Lipinski definition) is 0. The van der Waals surface area contributed by atoms with E-state index in [0.717, 1.165) is 23.0 Å². The molecule has 0 aliphatic carbocycles. The molecule has 0 N–H and O–H groups in total. The number of aryl methyl sites for hydroxylation is 2. The molecule has 3 rings (SSSR count). The fourth-order valence-electron chi connectivity index (χ4n) is 2.73. The molecule has 28 heavy (non-hydrogen) atoms. The third-order valence-corrected chi connectivity index (χ3v) is 7.49. The van der Waals surface area contributed by atoms with Crippen molar-refractivity contribution in [3.8, 4) is 0 Å². The smallest absolute Gasteiger partial charge is 0.201 e. The Morgan fingerprint density at radius 1 is 0.893 bits per heavy atom. The third kappa shape index (κ3) is 4.66. The van der Waals surface area contributed by atoms with E-state index in [4.69, 9.17) is 0 Å². The van der Waals surface area contributed by atoms with Crippen molar-refractivity contribution in [1.29, 1.82) is 0 Å². The lowest BCUT2D eigenvalue weighted by Gasteiger charge is -2.10. The standard InChI is InChI=1S/C23H22O3S2/c1-3-19-11-15-22(16-12-19)28(25,26)17-23(20-7-5-4-6-8-20)27(24)21-13-9-18(2)10-14-21/h4-17H,3H2,1-2H3/b23-17+. The number of benzene rings is 3. The van der Waals surface area contributed by atoms with Gasteiger partial charge >= 0.3 is 0 Å². The highest BCUT2D eigenvalue weighted by Gasteiger charge is 2.19. The Morgan fingerprint density at radius 3 is 2.07 bits per heavy atom. The molecule has 144 valence electrons. The molecule has 0 radical (unpaired) electrons. The first-order valence-corrected chi connectivity index (χ1v) is 11.7. The lowest BCUT2D eigenvalue weighted by atomic mass is 10.2. The minimum absolute atomic E-state index is 0.194. The SMILES string of the molecule is CCc1ccc(S(=O)(=O)/C=C(\c2ccccc2)S(=O)c2ccc(C)cc2)cc1. The second kappa shape index (κ2) is 8.67. The van der Waals surface area contributed by atoms with Crippen molar-refractivity contribution in [1.82, 2.24) is 0 Å². The molecule has 0 aromatic heterocycles. The van der Waals surface area contributed by atoms with Gasteiger partial charge in [0, 0.05) is 4.90 Å². The Hall–Kier alpha value is -2.50. The number of hydrogen-bond acceptors (Lipinski definition) is 3. The zero-order chi connectivity index (χ0) is 20.1. The summed E-state index contributed by atoms with van der Waals surface area (Å²) >= 11 is 0. The predicted molar refractivity (Wildman–Crippen MR) is 115 cm³/mol. The van der Waals surface area contributed by atoms with Crippen LogP contribution >= 0.6 is 0 Å². The Balaban J connectivity index is 2.10. The van der Waals surface area contributed by atoms with Gasteiger partial charge in [0.25, 0.3) is 0 Å². The molecule has 3 aromatic rings. The lowest BCUT2D eigenvalue weighted by Crippen LogP contribution is -2.03. The fourth-order valence-corrected chi connectivity index (χ4v) is 5.52. The summed E-state index contributed by atoms with van der Waals surface area (Å²) in [4.78, 5) is 1.03. The van der Waals surface area contributed by atoms with Crippen LogP contribution < -0.4 is 0 Å². The molecular formula is C23H22O3S2. The summed E-state index contributed by atoms with van der Waals surface area (Å²) in [6.07, 6.45) is 0.836. The molecule has 3 nitrogen and oxygen atoms in total. The molecular weight excluding hydrogens is 388 g/mol. The van der Waals surface area contributed by atoms with Crippen molar-refractivity contribution in [2.24, 2.45) is 0 Å². The van der Waals surface area contributed by atoms with Gasteiger partial charge in [0.1, 0.15) is 0 Å². The van der Waals surface area contributed by atoms with Crippen LogP contribution in [-0.4, -0.2) is 12.6 Å². The van der Waals surface area contributed by atoms with Gasteiger partial charge in [-0.15, -0.1) is 0 Å². The molecule has 0 heterocycles. The first-order valence-electron chi connectivity index (χ1n) is 9.00. The zero-order valence-corrected chi connectivity index (χ0v) is 17.5. The molecule has 0 saturated carbocycles. The van der Waals surface area contributed by atoms with Gasteiger partial charge in [-0.1, -0.05) is 67.1 Å². The third-order valence-electron chi connectivity index (χ3n) is 4.42. The molecule has 1 atom stereocenters. The second-order valence-corrected chi connectivity index (χ2v) is 9.72. The van der Waals surface area contributed by atoms with Crippen molar-refractivity contribution in [2.75, 3.05) is 0 Å². The summed E-state index contributed by atoms with van der Waals surface area (Å²) < 4.78 is 39.2. The average Bonchev–Trinajstić information content (AvgIpc) is 2.73. The van der Waals surface area contributed by atoms with Gasteiger partial charge in [-0.05, 0) is 48.7 Å². The van der Waals surface area contributed by atoms with Gasteiger partial charge < -0.3 is 0 Å². The van der Waals surface area contributed by atoms with Crippen LogP contribution in [0, 0.1) is 6.92 Å². The Bertz CT molecular complexity index is 1100. The Morgan fingerprint density at radius 2 is 1.50 bits per heavy atom. The lowest BCUT2D eigenvalue weighted by molar-refractivity contribution is 0.604. The van der Waals surface area contributed by atoms with E-state index >= 15 is 0 Å². The summed E-state index contributed by atoms with van der Waals surface area (Å²) in [5.41, 5.74) is 2.74. The maximum atomic E-state index is 13.2. The largest absolute Gasteiger partial charge is 0.249 e. The van der Waals surface area contributed by atoms with Crippen molar-refractivity contribution in [2.45, 2.75) is 30.1 Å². The summed E-state index contributed by atoms with van der Waals surface area (Å²) in [7, 11) is -5.37. The molecule has 0 aliphatic heterocycles.